The van der Waals surface area contributed by atoms with Crippen LogP contribution in [0.3, 0.4) is 0 Å². The van der Waals surface area contributed by atoms with E-state index in [1.54, 1.807) is 7.11 Å². The van der Waals surface area contributed by atoms with Crippen LogP contribution in [0.15, 0.2) is 0 Å². The van der Waals surface area contributed by atoms with Gasteiger partial charge in [0.05, 0.1) is 13.2 Å². The van der Waals surface area contributed by atoms with Crippen molar-refractivity contribution in [3.63, 3.8) is 0 Å². The molecule has 7 heteroatoms. The molecule has 0 aromatic carbocycles. The summed E-state index contributed by atoms with van der Waals surface area (Å²) in [5, 5.41) is 6.16. The third-order valence-corrected chi connectivity index (χ3v) is 3.34. The van der Waals surface area contributed by atoms with Gasteiger partial charge in [-0.3, -0.25) is 4.79 Å². The normalized spacial score (nSPS) is 16.2. The van der Waals surface area contributed by atoms with Crippen LogP contribution in [0.4, 0.5) is 0 Å². The van der Waals surface area contributed by atoms with Gasteiger partial charge in [-0.2, -0.15) is 0 Å². The summed E-state index contributed by atoms with van der Waals surface area (Å²) in [6.07, 6.45) is 2.13. The molecule has 2 N–H and O–H groups in total. The van der Waals surface area contributed by atoms with Crippen LogP contribution >= 0.6 is 24.8 Å². The molecule has 1 heterocycles. The fraction of sp³-hybridized carbons (Fsp3) is 0.929. The fourth-order valence-corrected chi connectivity index (χ4v) is 2.43. The number of piperidine rings is 1. The minimum atomic E-state index is 0. The SMILES string of the molecule is COCCNCC(=O)NC1CCN(CC(C)C)CC1.Cl.Cl. The van der Waals surface area contributed by atoms with Crippen molar-refractivity contribution in [2.24, 2.45) is 5.92 Å². The van der Waals surface area contributed by atoms with Crippen LogP contribution in [0.2, 0.25) is 0 Å². The van der Waals surface area contributed by atoms with Crippen LogP contribution in [0, 0.1) is 5.92 Å². The minimum absolute atomic E-state index is 0. The molecule has 1 aliphatic heterocycles. The molecule has 1 amide bonds. The van der Waals surface area contributed by atoms with Gasteiger partial charge in [0.15, 0.2) is 0 Å². The van der Waals surface area contributed by atoms with Gasteiger partial charge in [0.2, 0.25) is 5.91 Å². The second-order valence-corrected chi connectivity index (χ2v) is 5.71. The lowest BCUT2D eigenvalue weighted by atomic mass is 10.0. The first-order valence-electron chi connectivity index (χ1n) is 7.33. The van der Waals surface area contributed by atoms with Gasteiger partial charge in [0.25, 0.3) is 0 Å². The lowest BCUT2D eigenvalue weighted by molar-refractivity contribution is -0.121. The van der Waals surface area contributed by atoms with E-state index in [0.29, 0.717) is 19.2 Å². The van der Waals surface area contributed by atoms with Crippen molar-refractivity contribution in [3.05, 3.63) is 0 Å². The average Bonchev–Trinajstić information content (AvgIpc) is 2.36. The molecule has 128 valence electrons. The van der Waals surface area contributed by atoms with E-state index in [1.165, 1.54) is 6.54 Å². The molecule has 0 aromatic rings. The van der Waals surface area contributed by atoms with Crippen molar-refractivity contribution in [2.75, 3.05) is 46.4 Å². The summed E-state index contributed by atoms with van der Waals surface area (Å²) in [6, 6.07) is 0.347. The third kappa shape index (κ3) is 11.2. The Morgan fingerprint density at radius 1 is 1.29 bits per heavy atom. The summed E-state index contributed by atoms with van der Waals surface area (Å²) < 4.78 is 4.92. The monoisotopic (exact) mass is 343 g/mol. The average molecular weight is 344 g/mol. The van der Waals surface area contributed by atoms with E-state index in [9.17, 15) is 4.79 Å². The molecule has 1 aliphatic rings. The second-order valence-electron chi connectivity index (χ2n) is 5.71. The lowest BCUT2D eigenvalue weighted by Crippen LogP contribution is -2.47. The first-order valence-corrected chi connectivity index (χ1v) is 7.33. The molecule has 0 bridgehead atoms. The highest BCUT2D eigenvalue weighted by atomic mass is 35.5. The number of halogens is 2. The maximum atomic E-state index is 11.7. The summed E-state index contributed by atoms with van der Waals surface area (Å²) in [5.41, 5.74) is 0. The molecule has 0 aliphatic carbocycles. The van der Waals surface area contributed by atoms with E-state index in [4.69, 9.17) is 4.74 Å². The summed E-state index contributed by atoms with van der Waals surface area (Å²) >= 11 is 0. The molecule has 0 saturated carbocycles. The Kier molecular flexibility index (Phi) is 15.0. The Morgan fingerprint density at radius 2 is 1.90 bits per heavy atom. The van der Waals surface area contributed by atoms with Gasteiger partial charge in [-0.25, -0.2) is 0 Å². The van der Waals surface area contributed by atoms with E-state index >= 15 is 0 Å². The number of nitrogens with zero attached hydrogens (tertiary/aromatic N) is 1. The molecule has 0 aromatic heterocycles. The van der Waals surface area contributed by atoms with E-state index in [0.717, 1.165) is 38.4 Å². The molecule has 1 saturated heterocycles. The van der Waals surface area contributed by atoms with Gasteiger partial charge in [0.1, 0.15) is 0 Å². The summed E-state index contributed by atoms with van der Waals surface area (Å²) in [5.74, 6) is 0.814. The third-order valence-electron chi connectivity index (χ3n) is 3.34. The number of methoxy groups -OCH3 is 1. The first kappa shape index (κ1) is 23.2. The highest BCUT2D eigenvalue weighted by molar-refractivity contribution is 5.85. The molecule has 0 unspecified atom stereocenters. The topological polar surface area (TPSA) is 53.6 Å². The van der Waals surface area contributed by atoms with Crippen molar-refractivity contribution in [3.8, 4) is 0 Å². The quantitative estimate of drug-likeness (QED) is 0.652. The highest BCUT2D eigenvalue weighted by Gasteiger charge is 2.20. The van der Waals surface area contributed by atoms with Gasteiger partial charge < -0.3 is 20.3 Å². The predicted molar refractivity (Wildman–Crippen MR) is 91.7 cm³/mol. The van der Waals surface area contributed by atoms with Gasteiger partial charge in [-0.15, -0.1) is 24.8 Å². The molecular formula is C14H31Cl2N3O2. The fourth-order valence-electron chi connectivity index (χ4n) is 2.43. The molecule has 21 heavy (non-hydrogen) atoms. The second kappa shape index (κ2) is 13.6. The van der Waals surface area contributed by atoms with Gasteiger partial charge in [-0.1, -0.05) is 13.8 Å². The summed E-state index contributed by atoms with van der Waals surface area (Å²) in [6.45, 7) is 9.60. The highest BCUT2D eigenvalue weighted by Crippen LogP contribution is 2.11. The Bertz CT molecular complexity index is 261. The van der Waals surface area contributed by atoms with Crippen molar-refractivity contribution in [1.82, 2.24) is 15.5 Å². The Morgan fingerprint density at radius 3 is 2.43 bits per heavy atom. The van der Waals surface area contributed by atoms with E-state index in [2.05, 4.69) is 29.4 Å². The maximum absolute atomic E-state index is 11.7. The number of rotatable bonds is 8. The molecular weight excluding hydrogens is 313 g/mol. The summed E-state index contributed by atoms with van der Waals surface area (Å²) in [7, 11) is 1.66. The van der Waals surface area contributed by atoms with Crippen molar-refractivity contribution in [2.45, 2.75) is 32.7 Å². The molecule has 0 spiro atoms. The van der Waals surface area contributed by atoms with Crippen LogP contribution in [0.25, 0.3) is 0 Å². The molecule has 5 nitrogen and oxygen atoms in total. The maximum Gasteiger partial charge on any atom is 0.234 e. The molecule has 0 radical (unpaired) electrons. The number of carbonyl (C=O) groups excluding carboxylic acids is 1. The lowest BCUT2D eigenvalue weighted by Gasteiger charge is -2.33. The van der Waals surface area contributed by atoms with Crippen LogP contribution in [0.5, 0.6) is 0 Å². The van der Waals surface area contributed by atoms with Crippen molar-refractivity contribution >= 4 is 30.7 Å². The smallest absolute Gasteiger partial charge is 0.234 e. The molecule has 1 fully saturated rings. The van der Waals surface area contributed by atoms with Gasteiger partial charge >= 0.3 is 0 Å². The zero-order valence-corrected chi connectivity index (χ0v) is 15.0. The number of amides is 1. The van der Waals surface area contributed by atoms with E-state index in [-0.39, 0.29) is 30.7 Å². The first-order chi connectivity index (χ1) is 9.11. The zero-order chi connectivity index (χ0) is 14.1. The van der Waals surface area contributed by atoms with Gasteiger partial charge in [-0.05, 0) is 18.8 Å². The number of hydrogen-bond donors (Lipinski definition) is 2. The van der Waals surface area contributed by atoms with Crippen molar-refractivity contribution in [1.29, 1.82) is 0 Å². The number of ether oxygens (including phenoxy) is 1. The number of nitrogens with one attached hydrogen (secondary N) is 2. The number of likely N-dealkylation sites (tertiary alicyclic amines) is 1. The van der Waals surface area contributed by atoms with Gasteiger partial charge in [0, 0.05) is 39.3 Å². The zero-order valence-electron chi connectivity index (χ0n) is 13.4. The largest absolute Gasteiger partial charge is 0.383 e. The van der Waals surface area contributed by atoms with Crippen LogP contribution < -0.4 is 10.6 Å². The van der Waals surface area contributed by atoms with E-state index < -0.39 is 0 Å². The standard InChI is InChI=1S/C14H29N3O2.2ClH/c1-12(2)11-17-7-4-13(5-8-17)16-14(18)10-15-6-9-19-3;;/h12-13,15H,4-11H2,1-3H3,(H,16,18);2*1H. The Hall–Kier alpha value is -0.0700. The summed E-state index contributed by atoms with van der Waals surface area (Å²) in [4.78, 5) is 14.2. The Balaban J connectivity index is 0. The number of carbonyl (C=O) groups is 1. The van der Waals surface area contributed by atoms with Crippen LogP contribution in [-0.2, 0) is 9.53 Å². The minimum Gasteiger partial charge on any atom is -0.383 e. The predicted octanol–water partition coefficient (Wildman–Crippen LogP) is 1.30. The Labute approximate surface area is 141 Å². The molecule has 0 atom stereocenters. The van der Waals surface area contributed by atoms with Crippen molar-refractivity contribution < 1.29 is 9.53 Å². The van der Waals surface area contributed by atoms with Crippen LogP contribution in [-0.4, -0.2) is 63.3 Å². The molecule has 1 rings (SSSR count). The van der Waals surface area contributed by atoms with E-state index in [1.807, 2.05) is 0 Å². The number of hydrogen-bond acceptors (Lipinski definition) is 4. The van der Waals surface area contributed by atoms with Crippen LogP contribution in [0.1, 0.15) is 26.7 Å².